The van der Waals surface area contributed by atoms with E-state index in [1.165, 1.54) is 12.1 Å². The monoisotopic (exact) mass is 332 g/mol. The number of alkyl halides is 2. The number of rotatable bonds is 4. The van der Waals surface area contributed by atoms with Crippen LogP contribution in [0.2, 0.25) is 0 Å². The first-order valence-corrected chi connectivity index (χ1v) is 7.13. The second-order valence-corrected chi connectivity index (χ2v) is 5.14. The van der Waals surface area contributed by atoms with E-state index in [4.69, 9.17) is 0 Å². The summed E-state index contributed by atoms with van der Waals surface area (Å²) in [6, 6.07) is 17.1. The van der Waals surface area contributed by atoms with Gasteiger partial charge in [0.25, 0.3) is 0 Å². The number of hydrogen-bond acceptors (Lipinski definition) is 1. The van der Waals surface area contributed by atoms with Gasteiger partial charge < -0.3 is 4.74 Å². The Morgan fingerprint density at radius 3 is 1.92 bits per heavy atom. The molecule has 0 saturated heterocycles. The molecule has 3 aromatic carbocycles. The highest BCUT2D eigenvalue weighted by Crippen LogP contribution is 2.33. The van der Waals surface area contributed by atoms with Crippen molar-refractivity contribution in [2.45, 2.75) is 6.11 Å². The lowest BCUT2D eigenvalue weighted by molar-refractivity contribution is -0.185. The molecule has 0 fully saturated rings. The smallest absolute Gasteiger partial charge is 0.426 e. The molecule has 0 aliphatic heterocycles. The van der Waals surface area contributed by atoms with Gasteiger partial charge >= 0.3 is 6.11 Å². The Kier molecular flexibility index (Phi) is 4.25. The maximum absolute atomic E-state index is 14.2. The maximum Gasteiger partial charge on any atom is 0.426 e. The third-order valence-corrected chi connectivity index (χ3v) is 3.47. The lowest BCUT2D eigenvalue weighted by Gasteiger charge is -2.18. The van der Waals surface area contributed by atoms with Gasteiger partial charge in [0.1, 0.15) is 5.75 Å². The summed E-state index contributed by atoms with van der Waals surface area (Å²) in [6.45, 7) is 0. The predicted octanol–water partition coefficient (Wildman–Crippen LogP) is 5.76. The average Bonchev–Trinajstić information content (AvgIpc) is 2.59. The van der Waals surface area contributed by atoms with E-state index < -0.39 is 23.5 Å². The minimum atomic E-state index is -3.67. The van der Waals surface area contributed by atoms with Crippen molar-refractivity contribution in [1.29, 1.82) is 0 Å². The van der Waals surface area contributed by atoms with Crippen LogP contribution >= 0.6 is 0 Å². The molecule has 0 radical (unpaired) electrons. The highest BCUT2D eigenvalue weighted by molar-refractivity contribution is 5.63. The van der Waals surface area contributed by atoms with Crippen molar-refractivity contribution in [1.82, 2.24) is 0 Å². The van der Waals surface area contributed by atoms with Gasteiger partial charge in [-0.1, -0.05) is 42.5 Å². The van der Waals surface area contributed by atoms with E-state index in [-0.39, 0.29) is 5.56 Å². The first kappa shape index (κ1) is 16.1. The van der Waals surface area contributed by atoms with Gasteiger partial charge in [0.05, 0.1) is 5.56 Å². The van der Waals surface area contributed by atoms with Gasteiger partial charge in [0.15, 0.2) is 11.6 Å². The molecule has 3 aromatic rings. The summed E-state index contributed by atoms with van der Waals surface area (Å²) >= 11 is 0. The highest BCUT2D eigenvalue weighted by atomic mass is 19.3. The Bertz CT molecular complexity index is 830. The second kappa shape index (κ2) is 6.35. The number of benzene rings is 3. The van der Waals surface area contributed by atoms with E-state index in [9.17, 15) is 17.6 Å². The molecular formula is C19H12F4O. The van der Waals surface area contributed by atoms with Crippen LogP contribution in [0.25, 0.3) is 11.1 Å². The van der Waals surface area contributed by atoms with Gasteiger partial charge in [0.2, 0.25) is 0 Å². The van der Waals surface area contributed by atoms with Gasteiger partial charge in [-0.3, -0.25) is 0 Å². The molecule has 0 atom stereocenters. The number of hydrogen-bond donors (Lipinski definition) is 0. The number of halogens is 4. The van der Waals surface area contributed by atoms with Crippen LogP contribution in [-0.4, -0.2) is 0 Å². The van der Waals surface area contributed by atoms with E-state index in [2.05, 4.69) is 4.74 Å². The Balaban J connectivity index is 1.82. The third-order valence-electron chi connectivity index (χ3n) is 3.47. The molecule has 0 saturated carbocycles. The van der Waals surface area contributed by atoms with Crippen LogP contribution in [0.4, 0.5) is 17.6 Å². The predicted molar refractivity (Wildman–Crippen MR) is 82.8 cm³/mol. The standard InChI is InChI=1S/C19H12F4O/c20-17-11-10-16(12-18(17)21)24-19(22,23)15-8-6-14(7-9-15)13-4-2-1-3-5-13/h1-12H. The topological polar surface area (TPSA) is 9.23 Å². The van der Waals surface area contributed by atoms with Crippen LogP contribution in [0.1, 0.15) is 5.56 Å². The van der Waals surface area contributed by atoms with Crippen molar-refractivity contribution in [3.05, 3.63) is 90.0 Å². The third kappa shape index (κ3) is 3.40. The van der Waals surface area contributed by atoms with E-state index in [1.54, 1.807) is 12.1 Å². The maximum atomic E-state index is 14.2. The first-order valence-electron chi connectivity index (χ1n) is 7.13. The molecule has 0 bridgehead atoms. The molecule has 0 spiro atoms. The van der Waals surface area contributed by atoms with Gasteiger partial charge in [0, 0.05) is 6.07 Å². The van der Waals surface area contributed by atoms with Gasteiger partial charge in [-0.05, 0) is 35.4 Å². The van der Waals surface area contributed by atoms with Crippen molar-refractivity contribution in [2.24, 2.45) is 0 Å². The summed E-state index contributed by atoms with van der Waals surface area (Å²) in [6.07, 6.45) is -3.67. The zero-order valence-corrected chi connectivity index (χ0v) is 12.3. The zero-order chi connectivity index (χ0) is 17.2. The molecule has 0 aromatic heterocycles. The minimum absolute atomic E-state index is 0.382. The molecule has 0 N–H and O–H groups in total. The Morgan fingerprint density at radius 2 is 1.29 bits per heavy atom. The Morgan fingerprint density at radius 1 is 0.667 bits per heavy atom. The largest absolute Gasteiger partial charge is 0.429 e. The molecule has 0 heterocycles. The van der Waals surface area contributed by atoms with Gasteiger partial charge in [-0.15, -0.1) is 0 Å². The van der Waals surface area contributed by atoms with Crippen LogP contribution in [0, 0.1) is 11.6 Å². The SMILES string of the molecule is Fc1ccc(OC(F)(F)c2ccc(-c3ccccc3)cc2)cc1F. The summed E-state index contributed by atoms with van der Waals surface area (Å²) in [7, 11) is 0. The molecule has 0 aliphatic carbocycles. The van der Waals surface area contributed by atoms with Gasteiger partial charge in [-0.25, -0.2) is 8.78 Å². The summed E-state index contributed by atoms with van der Waals surface area (Å²) in [4.78, 5) is 0. The van der Waals surface area contributed by atoms with E-state index in [1.807, 2.05) is 30.3 Å². The van der Waals surface area contributed by atoms with Crippen LogP contribution in [0.15, 0.2) is 72.8 Å². The van der Waals surface area contributed by atoms with Crippen molar-refractivity contribution < 1.29 is 22.3 Å². The lowest BCUT2D eigenvalue weighted by atomic mass is 10.0. The van der Waals surface area contributed by atoms with Crippen LogP contribution < -0.4 is 4.74 Å². The van der Waals surface area contributed by atoms with E-state index >= 15 is 0 Å². The number of ether oxygens (including phenoxy) is 1. The molecule has 0 unspecified atom stereocenters. The average molecular weight is 332 g/mol. The molecule has 0 amide bonds. The molecular weight excluding hydrogens is 320 g/mol. The fourth-order valence-corrected chi connectivity index (χ4v) is 2.23. The fraction of sp³-hybridized carbons (Fsp3) is 0.0526. The summed E-state index contributed by atoms with van der Waals surface area (Å²) in [5.41, 5.74) is 1.30. The van der Waals surface area contributed by atoms with Crippen molar-refractivity contribution in [3.63, 3.8) is 0 Å². The summed E-state index contributed by atoms with van der Waals surface area (Å²) in [5.74, 6) is -2.83. The summed E-state index contributed by atoms with van der Waals surface area (Å²) in [5, 5.41) is 0. The Hall–Kier alpha value is -2.82. The second-order valence-electron chi connectivity index (χ2n) is 5.14. The quantitative estimate of drug-likeness (QED) is 0.552. The molecule has 5 heteroatoms. The Labute approximate surface area is 136 Å². The molecule has 1 nitrogen and oxygen atoms in total. The summed E-state index contributed by atoms with van der Waals surface area (Å²) < 4.78 is 58.8. The molecule has 3 rings (SSSR count). The van der Waals surface area contributed by atoms with Crippen LogP contribution in [0.3, 0.4) is 0 Å². The van der Waals surface area contributed by atoms with Crippen molar-refractivity contribution >= 4 is 0 Å². The van der Waals surface area contributed by atoms with Crippen LogP contribution in [-0.2, 0) is 6.11 Å². The molecule has 24 heavy (non-hydrogen) atoms. The minimum Gasteiger partial charge on any atom is -0.429 e. The van der Waals surface area contributed by atoms with E-state index in [0.717, 1.165) is 23.3 Å². The zero-order valence-electron chi connectivity index (χ0n) is 12.3. The fourth-order valence-electron chi connectivity index (χ4n) is 2.23. The van der Waals surface area contributed by atoms with Crippen molar-refractivity contribution in [3.8, 4) is 16.9 Å². The molecule has 122 valence electrons. The normalized spacial score (nSPS) is 11.3. The lowest BCUT2D eigenvalue weighted by Crippen LogP contribution is -2.21. The molecule has 0 aliphatic rings. The van der Waals surface area contributed by atoms with E-state index in [0.29, 0.717) is 6.07 Å². The van der Waals surface area contributed by atoms with Crippen LogP contribution in [0.5, 0.6) is 5.75 Å². The first-order chi connectivity index (χ1) is 11.5. The highest BCUT2D eigenvalue weighted by Gasteiger charge is 2.34. The van der Waals surface area contributed by atoms with Gasteiger partial charge in [-0.2, -0.15) is 8.78 Å². The van der Waals surface area contributed by atoms with Crippen molar-refractivity contribution in [2.75, 3.05) is 0 Å².